The molecule has 1 aliphatic rings. The van der Waals surface area contributed by atoms with Gasteiger partial charge in [-0.3, -0.25) is 9.69 Å². The van der Waals surface area contributed by atoms with Gasteiger partial charge in [0.25, 0.3) is 5.91 Å². The zero-order chi connectivity index (χ0) is 18.1. The van der Waals surface area contributed by atoms with Crippen LogP contribution in [0.2, 0.25) is 0 Å². The molecule has 2 heterocycles. The van der Waals surface area contributed by atoms with Crippen molar-refractivity contribution in [1.82, 2.24) is 0 Å². The van der Waals surface area contributed by atoms with E-state index in [0.717, 1.165) is 21.5 Å². The number of thioether (sulfide) groups is 1. The largest absolute Gasteiger partial charge is 0.457 e. The summed E-state index contributed by atoms with van der Waals surface area (Å²) in [5, 5.41) is 0. The molecule has 2 aromatic carbocycles. The highest BCUT2D eigenvalue weighted by molar-refractivity contribution is 9.10. The first-order valence-corrected chi connectivity index (χ1v) is 9.82. The number of rotatable bonds is 3. The molecule has 1 fully saturated rings. The van der Waals surface area contributed by atoms with Gasteiger partial charge in [0.15, 0.2) is 4.32 Å². The van der Waals surface area contributed by atoms with Crippen LogP contribution in [0, 0.1) is 0 Å². The molecule has 3 aromatic rings. The third-order valence-electron chi connectivity index (χ3n) is 3.82. The number of hydrogen-bond acceptors (Lipinski definition) is 4. The molecule has 0 unspecified atom stereocenters. The van der Waals surface area contributed by atoms with Crippen LogP contribution >= 0.6 is 39.9 Å². The fraction of sp³-hybridized carbons (Fsp3) is 0. The summed E-state index contributed by atoms with van der Waals surface area (Å²) in [4.78, 5) is 14.8. The number of anilines is 1. The molecule has 0 bridgehead atoms. The molecule has 0 aliphatic carbocycles. The lowest BCUT2D eigenvalue weighted by molar-refractivity contribution is -0.113. The van der Waals surface area contributed by atoms with Crippen molar-refractivity contribution in [3.8, 4) is 11.3 Å². The molecule has 1 amide bonds. The van der Waals surface area contributed by atoms with Gasteiger partial charge in [-0.2, -0.15) is 0 Å². The Balaban J connectivity index is 1.62. The smallest absolute Gasteiger partial charge is 0.270 e. The Morgan fingerprint density at radius 3 is 2.62 bits per heavy atom. The molecule has 1 aromatic heterocycles. The zero-order valence-electron chi connectivity index (χ0n) is 13.4. The molecule has 1 aliphatic heterocycles. The number of halogens is 1. The van der Waals surface area contributed by atoms with Crippen molar-refractivity contribution in [2.75, 3.05) is 4.90 Å². The molecule has 26 heavy (non-hydrogen) atoms. The van der Waals surface area contributed by atoms with Gasteiger partial charge in [-0.1, -0.05) is 70.2 Å². The zero-order valence-corrected chi connectivity index (χ0v) is 16.6. The minimum Gasteiger partial charge on any atom is -0.457 e. The van der Waals surface area contributed by atoms with Crippen molar-refractivity contribution >= 4 is 61.9 Å². The van der Waals surface area contributed by atoms with Crippen LogP contribution in [0.1, 0.15) is 5.76 Å². The molecule has 1 saturated heterocycles. The number of hydrogen-bond donors (Lipinski definition) is 0. The van der Waals surface area contributed by atoms with Crippen LogP contribution in [0.5, 0.6) is 0 Å². The number of carbonyl (C=O) groups is 1. The van der Waals surface area contributed by atoms with Crippen molar-refractivity contribution in [1.29, 1.82) is 0 Å². The Morgan fingerprint density at radius 1 is 1.04 bits per heavy atom. The SMILES string of the molecule is O=C1C(=Cc2ccc(-c3cccc(Br)c3)o2)SC(=S)N1c1ccccc1. The third-order valence-corrected chi connectivity index (χ3v) is 5.61. The normalized spacial score (nSPS) is 15.9. The maximum absolute atomic E-state index is 12.7. The summed E-state index contributed by atoms with van der Waals surface area (Å²) in [6.07, 6.45) is 1.74. The summed E-state index contributed by atoms with van der Waals surface area (Å²) in [6.45, 7) is 0. The van der Waals surface area contributed by atoms with E-state index in [1.165, 1.54) is 11.8 Å². The van der Waals surface area contributed by atoms with Crippen molar-refractivity contribution in [2.45, 2.75) is 0 Å². The van der Waals surface area contributed by atoms with Crippen LogP contribution in [-0.4, -0.2) is 10.2 Å². The number of carbonyl (C=O) groups excluding carboxylic acids is 1. The van der Waals surface area contributed by atoms with Crippen LogP contribution in [0.15, 0.2) is 80.5 Å². The highest BCUT2D eigenvalue weighted by Gasteiger charge is 2.33. The summed E-state index contributed by atoms with van der Waals surface area (Å²) in [5.41, 5.74) is 1.74. The van der Waals surface area contributed by atoms with Gasteiger partial charge < -0.3 is 4.42 Å². The van der Waals surface area contributed by atoms with E-state index in [4.69, 9.17) is 16.6 Å². The maximum atomic E-state index is 12.7. The minimum absolute atomic E-state index is 0.133. The summed E-state index contributed by atoms with van der Waals surface area (Å²) in [6, 6.07) is 21.0. The second-order valence-corrected chi connectivity index (χ2v) is 8.16. The molecule has 0 saturated carbocycles. The van der Waals surface area contributed by atoms with E-state index in [2.05, 4.69) is 15.9 Å². The van der Waals surface area contributed by atoms with Gasteiger partial charge in [0, 0.05) is 16.1 Å². The molecule has 0 spiro atoms. The number of thiocarbonyl (C=S) groups is 1. The first-order chi connectivity index (χ1) is 12.6. The molecule has 6 heteroatoms. The number of furan rings is 1. The van der Waals surface area contributed by atoms with E-state index in [-0.39, 0.29) is 5.91 Å². The Bertz CT molecular complexity index is 1030. The Morgan fingerprint density at radius 2 is 1.85 bits per heavy atom. The van der Waals surface area contributed by atoms with E-state index in [0.29, 0.717) is 15.0 Å². The lowest BCUT2D eigenvalue weighted by Crippen LogP contribution is -2.27. The van der Waals surface area contributed by atoms with E-state index in [1.807, 2.05) is 66.7 Å². The molecule has 0 radical (unpaired) electrons. The summed E-state index contributed by atoms with van der Waals surface area (Å²) in [5.74, 6) is 1.23. The number of amides is 1. The monoisotopic (exact) mass is 441 g/mol. The topological polar surface area (TPSA) is 33.5 Å². The van der Waals surface area contributed by atoms with E-state index < -0.39 is 0 Å². The van der Waals surface area contributed by atoms with Gasteiger partial charge in [-0.25, -0.2) is 0 Å². The average Bonchev–Trinajstić information content (AvgIpc) is 3.21. The first kappa shape index (κ1) is 17.3. The van der Waals surface area contributed by atoms with Crippen molar-refractivity contribution in [2.24, 2.45) is 0 Å². The number of nitrogens with zero attached hydrogens (tertiary/aromatic N) is 1. The minimum atomic E-state index is -0.133. The van der Waals surface area contributed by atoms with Crippen molar-refractivity contribution in [3.63, 3.8) is 0 Å². The van der Waals surface area contributed by atoms with Gasteiger partial charge >= 0.3 is 0 Å². The second kappa shape index (κ2) is 7.23. The molecule has 128 valence electrons. The molecular weight excluding hydrogens is 430 g/mol. The summed E-state index contributed by atoms with van der Waals surface area (Å²) in [7, 11) is 0. The standard InChI is InChI=1S/C20H12BrNO2S2/c21-14-6-4-5-13(11-14)17-10-9-16(24-17)12-18-19(23)22(20(25)26-18)15-7-2-1-3-8-15/h1-12H. The van der Waals surface area contributed by atoms with Crippen LogP contribution in [0.4, 0.5) is 5.69 Å². The highest BCUT2D eigenvalue weighted by Crippen LogP contribution is 2.36. The van der Waals surface area contributed by atoms with Gasteiger partial charge in [0.05, 0.1) is 10.6 Å². The second-order valence-electron chi connectivity index (χ2n) is 5.57. The maximum Gasteiger partial charge on any atom is 0.270 e. The van der Waals surface area contributed by atoms with E-state index in [1.54, 1.807) is 11.0 Å². The molecular formula is C20H12BrNO2S2. The van der Waals surface area contributed by atoms with E-state index in [9.17, 15) is 4.79 Å². The lowest BCUT2D eigenvalue weighted by atomic mass is 10.2. The first-order valence-electron chi connectivity index (χ1n) is 7.80. The quantitative estimate of drug-likeness (QED) is 0.362. The Kier molecular flexibility index (Phi) is 4.80. The fourth-order valence-electron chi connectivity index (χ4n) is 2.62. The van der Waals surface area contributed by atoms with Crippen molar-refractivity contribution < 1.29 is 9.21 Å². The molecule has 3 nitrogen and oxygen atoms in total. The fourth-order valence-corrected chi connectivity index (χ4v) is 4.30. The predicted octanol–water partition coefficient (Wildman–Crippen LogP) is 6.11. The molecule has 0 atom stereocenters. The van der Waals surface area contributed by atoms with E-state index >= 15 is 0 Å². The molecule has 0 N–H and O–H groups in total. The van der Waals surface area contributed by atoms with Crippen LogP contribution < -0.4 is 4.90 Å². The molecule has 4 rings (SSSR count). The Hall–Kier alpha value is -2.15. The lowest BCUT2D eigenvalue weighted by Gasteiger charge is -2.13. The van der Waals surface area contributed by atoms with Crippen LogP contribution in [0.25, 0.3) is 17.4 Å². The van der Waals surface area contributed by atoms with Gasteiger partial charge in [0.2, 0.25) is 0 Å². The highest BCUT2D eigenvalue weighted by atomic mass is 79.9. The van der Waals surface area contributed by atoms with Crippen molar-refractivity contribution in [3.05, 3.63) is 81.9 Å². The summed E-state index contributed by atoms with van der Waals surface area (Å²) < 4.78 is 7.39. The van der Waals surface area contributed by atoms with Gasteiger partial charge in [-0.05, 0) is 36.4 Å². The third kappa shape index (κ3) is 3.40. The summed E-state index contributed by atoms with van der Waals surface area (Å²) >= 11 is 10.1. The number of benzene rings is 2. The van der Waals surface area contributed by atoms with Gasteiger partial charge in [0.1, 0.15) is 11.5 Å². The predicted molar refractivity (Wildman–Crippen MR) is 114 cm³/mol. The van der Waals surface area contributed by atoms with Crippen LogP contribution in [-0.2, 0) is 4.79 Å². The Labute approximate surface area is 168 Å². The van der Waals surface area contributed by atoms with Crippen LogP contribution in [0.3, 0.4) is 0 Å². The average molecular weight is 442 g/mol. The number of para-hydroxylation sites is 1. The van der Waals surface area contributed by atoms with Gasteiger partial charge in [-0.15, -0.1) is 0 Å².